The van der Waals surface area contributed by atoms with Crippen molar-refractivity contribution in [3.05, 3.63) is 98.2 Å². The number of nitrogens with one attached hydrogen (secondary N) is 1. The van der Waals surface area contributed by atoms with Gasteiger partial charge in [-0.15, -0.1) is 0 Å². The number of non-ortho nitro benzene ring substituents is 1. The normalized spacial score (nSPS) is 11.0. The van der Waals surface area contributed by atoms with Gasteiger partial charge in [-0.05, 0) is 35.9 Å². The Balaban J connectivity index is 1.67. The quantitative estimate of drug-likeness (QED) is 0.116. The highest BCUT2D eigenvalue weighted by atomic mass is 32.2. The van der Waals surface area contributed by atoms with Crippen LogP contribution in [-0.4, -0.2) is 40.6 Å². The number of fused-ring (bicyclic) bond motifs is 1. The molecule has 1 amide bonds. The third-order valence-electron chi connectivity index (χ3n) is 5.18. The monoisotopic (exact) mass is 494 g/mol. The number of hydrogen-bond donors (Lipinski definition) is 1. The van der Waals surface area contributed by atoms with Crippen molar-refractivity contribution in [3.8, 4) is 0 Å². The Labute approximate surface area is 204 Å². The van der Waals surface area contributed by atoms with Crippen LogP contribution in [0.4, 0.5) is 5.69 Å². The lowest BCUT2D eigenvalue weighted by atomic mass is 10.1. The van der Waals surface area contributed by atoms with Crippen LogP contribution in [0.2, 0.25) is 0 Å². The number of aromatic nitrogens is 2. The summed E-state index contributed by atoms with van der Waals surface area (Å²) in [4.78, 5) is 41.0. The molecule has 0 aliphatic carbocycles. The van der Waals surface area contributed by atoms with Crippen LogP contribution in [0.5, 0.6) is 0 Å². The van der Waals surface area contributed by atoms with E-state index in [1.807, 2.05) is 0 Å². The van der Waals surface area contributed by atoms with Gasteiger partial charge in [0.25, 0.3) is 17.2 Å². The zero-order valence-electron chi connectivity index (χ0n) is 18.8. The minimum atomic E-state index is -0.453. The Bertz CT molecular complexity index is 1400. The van der Waals surface area contributed by atoms with Crippen molar-refractivity contribution in [1.82, 2.24) is 14.9 Å². The van der Waals surface area contributed by atoms with Gasteiger partial charge in [-0.2, -0.15) is 0 Å². The third-order valence-corrected chi connectivity index (χ3v) is 6.23. The minimum absolute atomic E-state index is 0.00798. The highest BCUT2D eigenvalue weighted by Crippen LogP contribution is 2.24. The first kappa shape index (κ1) is 24.2. The summed E-state index contributed by atoms with van der Waals surface area (Å²) in [5, 5.41) is 14.5. The molecule has 1 N–H and O–H groups in total. The van der Waals surface area contributed by atoms with Gasteiger partial charge in [-0.25, -0.2) is 4.98 Å². The van der Waals surface area contributed by atoms with E-state index in [2.05, 4.69) is 10.3 Å². The van der Waals surface area contributed by atoms with E-state index in [1.165, 1.54) is 34.7 Å². The van der Waals surface area contributed by atoms with Crippen LogP contribution in [0.15, 0.2) is 75.2 Å². The molecule has 0 unspecified atom stereocenters. The Kier molecular flexibility index (Phi) is 7.58. The number of amides is 1. The number of methoxy groups -OCH3 is 1. The molecule has 0 aliphatic heterocycles. The van der Waals surface area contributed by atoms with Crippen molar-refractivity contribution in [2.45, 2.75) is 17.5 Å². The number of ether oxygens (including phenoxy) is 1. The third kappa shape index (κ3) is 5.76. The Morgan fingerprint density at radius 3 is 2.71 bits per heavy atom. The van der Waals surface area contributed by atoms with E-state index in [0.29, 0.717) is 46.3 Å². The largest absolute Gasteiger partial charge is 0.467 e. The molecule has 0 radical (unpaired) electrons. The molecule has 0 saturated heterocycles. The number of carbonyl (C=O) groups excluding carboxylic acids is 1. The summed E-state index contributed by atoms with van der Waals surface area (Å²) in [6.45, 7) is 0.941. The summed E-state index contributed by atoms with van der Waals surface area (Å²) in [5.41, 5.74) is 1.37. The average molecular weight is 495 g/mol. The first-order valence-corrected chi connectivity index (χ1v) is 11.6. The second-order valence-corrected chi connectivity index (χ2v) is 8.50. The van der Waals surface area contributed by atoms with Gasteiger partial charge in [0.05, 0.1) is 35.2 Å². The molecule has 35 heavy (non-hydrogen) atoms. The Hall–Kier alpha value is -3.96. The highest BCUT2D eigenvalue weighted by Gasteiger charge is 2.16. The van der Waals surface area contributed by atoms with Gasteiger partial charge in [0, 0.05) is 37.1 Å². The molecule has 4 rings (SSSR count). The van der Waals surface area contributed by atoms with E-state index in [0.717, 1.165) is 5.56 Å². The van der Waals surface area contributed by atoms with Crippen LogP contribution in [0, 0.1) is 10.1 Å². The van der Waals surface area contributed by atoms with Crippen molar-refractivity contribution in [2.75, 3.05) is 20.3 Å². The van der Waals surface area contributed by atoms with Crippen LogP contribution in [0.1, 0.15) is 21.7 Å². The summed E-state index contributed by atoms with van der Waals surface area (Å²) >= 11 is 1.32. The number of nitro groups is 1. The Morgan fingerprint density at radius 1 is 1.23 bits per heavy atom. The van der Waals surface area contributed by atoms with Crippen molar-refractivity contribution in [3.63, 3.8) is 0 Å². The predicted molar refractivity (Wildman–Crippen MR) is 131 cm³/mol. The number of furan rings is 1. The van der Waals surface area contributed by atoms with E-state index < -0.39 is 4.92 Å². The molecule has 180 valence electrons. The van der Waals surface area contributed by atoms with Gasteiger partial charge >= 0.3 is 0 Å². The summed E-state index contributed by atoms with van der Waals surface area (Å²) in [7, 11) is 1.55. The van der Waals surface area contributed by atoms with Crippen LogP contribution in [-0.2, 0) is 17.0 Å². The zero-order valence-corrected chi connectivity index (χ0v) is 19.6. The number of rotatable bonds is 10. The van der Waals surface area contributed by atoms with E-state index in [-0.39, 0.29) is 23.7 Å². The van der Waals surface area contributed by atoms with Gasteiger partial charge in [-0.1, -0.05) is 23.9 Å². The number of carbonyl (C=O) groups is 1. The van der Waals surface area contributed by atoms with Gasteiger partial charge < -0.3 is 14.5 Å². The van der Waals surface area contributed by atoms with Crippen molar-refractivity contribution >= 4 is 34.3 Å². The lowest BCUT2D eigenvalue weighted by Gasteiger charge is -2.13. The molecule has 4 aromatic rings. The molecule has 2 heterocycles. The summed E-state index contributed by atoms with van der Waals surface area (Å²) in [6.07, 6.45) is 1.53. The molecular formula is C24H22N4O6S. The van der Waals surface area contributed by atoms with Crippen LogP contribution >= 0.6 is 11.8 Å². The summed E-state index contributed by atoms with van der Waals surface area (Å²) in [6, 6.07) is 14.5. The molecule has 0 aliphatic rings. The van der Waals surface area contributed by atoms with Gasteiger partial charge in [-0.3, -0.25) is 24.3 Å². The first-order chi connectivity index (χ1) is 17.0. The zero-order chi connectivity index (χ0) is 24.8. The average Bonchev–Trinajstić information content (AvgIpc) is 3.38. The fourth-order valence-corrected chi connectivity index (χ4v) is 4.33. The van der Waals surface area contributed by atoms with Crippen LogP contribution in [0.3, 0.4) is 0 Å². The maximum absolute atomic E-state index is 13.4. The van der Waals surface area contributed by atoms with Crippen molar-refractivity contribution in [2.24, 2.45) is 0 Å². The SMILES string of the molecule is COCCNC(=O)c1ccc2c(=O)n(Cc3ccco3)c(SCc3ccc([N+](=O)[O-])cc3)nc2c1. The molecular weight excluding hydrogens is 472 g/mol. The number of benzene rings is 2. The summed E-state index contributed by atoms with van der Waals surface area (Å²) < 4.78 is 11.9. The molecule has 0 fully saturated rings. The van der Waals surface area contributed by atoms with E-state index in [1.54, 1.807) is 49.6 Å². The van der Waals surface area contributed by atoms with Crippen molar-refractivity contribution in [1.29, 1.82) is 0 Å². The van der Waals surface area contributed by atoms with E-state index in [9.17, 15) is 19.7 Å². The minimum Gasteiger partial charge on any atom is -0.467 e. The van der Waals surface area contributed by atoms with E-state index >= 15 is 0 Å². The smallest absolute Gasteiger partial charge is 0.269 e. The maximum Gasteiger partial charge on any atom is 0.269 e. The molecule has 0 spiro atoms. The standard InChI is InChI=1S/C24H22N4O6S/c1-33-12-10-25-22(29)17-6-9-20-21(13-17)26-24(27(23(20)30)14-19-3-2-11-34-19)35-15-16-4-7-18(8-5-16)28(31)32/h2-9,11,13H,10,12,14-15H2,1H3,(H,25,29). The lowest BCUT2D eigenvalue weighted by Crippen LogP contribution is -2.27. The van der Waals surface area contributed by atoms with Gasteiger partial charge in [0.15, 0.2) is 5.16 Å². The number of nitro benzene ring substituents is 1. The van der Waals surface area contributed by atoms with Gasteiger partial charge in [0.2, 0.25) is 0 Å². The molecule has 0 atom stereocenters. The molecule has 2 aromatic carbocycles. The second kappa shape index (κ2) is 11.0. The molecule has 10 nitrogen and oxygen atoms in total. The number of thioether (sulfide) groups is 1. The fraction of sp³-hybridized carbons (Fsp3) is 0.208. The number of hydrogen-bond acceptors (Lipinski definition) is 8. The van der Waals surface area contributed by atoms with Gasteiger partial charge in [0.1, 0.15) is 5.76 Å². The van der Waals surface area contributed by atoms with Crippen molar-refractivity contribution < 1.29 is 18.9 Å². The lowest BCUT2D eigenvalue weighted by molar-refractivity contribution is -0.384. The predicted octanol–water partition coefficient (Wildman–Crippen LogP) is 3.61. The van der Waals surface area contributed by atoms with Crippen LogP contribution in [0.25, 0.3) is 10.9 Å². The fourth-order valence-electron chi connectivity index (χ4n) is 3.38. The molecule has 2 aromatic heterocycles. The Morgan fingerprint density at radius 2 is 2.03 bits per heavy atom. The summed E-state index contributed by atoms with van der Waals surface area (Å²) in [5.74, 6) is 0.746. The molecule has 0 saturated carbocycles. The first-order valence-electron chi connectivity index (χ1n) is 10.7. The second-order valence-electron chi connectivity index (χ2n) is 7.56. The molecule has 0 bridgehead atoms. The highest BCUT2D eigenvalue weighted by molar-refractivity contribution is 7.98. The molecule has 11 heteroatoms. The van der Waals surface area contributed by atoms with Crippen LogP contribution < -0.4 is 10.9 Å². The maximum atomic E-state index is 13.4. The number of nitrogens with zero attached hydrogens (tertiary/aromatic N) is 3. The topological polar surface area (TPSA) is 130 Å². The van der Waals surface area contributed by atoms with E-state index in [4.69, 9.17) is 9.15 Å².